The van der Waals surface area contributed by atoms with Gasteiger partial charge < -0.3 is 36.4 Å². The van der Waals surface area contributed by atoms with E-state index in [0.29, 0.717) is 0 Å². The van der Waals surface area contributed by atoms with Crippen molar-refractivity contribution in [1.82, 2.24) is 8.96 Å². The maximum atomic E-state index is 7.90. The van der Waals surface area contributed by atoms with Gasteiger partial charge in [-0.2, -0.15) is 0 Å². The van der Waals surface area contributed by atoms with Gasteiger partial charge in [0.2, 0.25) is 0 Å². The summed E-state index contributed by atoms with van der Waals surface area (Å²) in [6.45, 7) is 18.5. The molecule has 23 aromatic rings. The van der Waals surface area contributed by atoms with Crippen LogP contribution in [0.1, 0.15) is 83.6 Å². The Morgan fingerprint density at radius 2 is 0.908 bits per heavy atom. The predicted molar refractivity (Wildman–Crippen MR) is 503 cm³/mol. The second-order valence-electron chi connectivity index (χ2n) is 36.7. The molecule has 562 valence electrons. The SMILES string of the molecule is Cc1cc2c(cc1N1c3cc4oc5ccccc5c4c4c3B(c3c1ccc1c3oc3cc(-c5ccc6c(c5)oc5c7c8c(cc56)-c5cccc6c9sc%10ccccc%10c9n(c56)B8c5cc6c(cc5N7c5ccc(C(C)(C)C)cc5-c5ccccc5)oc5ccccc56)ccc31)n1c3c-4cccc3c3sc4ccccc4c31)C(C)(C)CCC2(C)C. The van der Waals surface area contributed by atoms with E-state index in [9.17, 15) is 0 Å². The average molecular weight is 1560 g/mol. The van der Waals surface area contributed by atoms with E-state index in [1.54, 1.807) is 0 Å². The van der Waals surface area contributed by atoms with Crippen molar-refractivity contribution in [3.05, 3.63) is 289 Å². The Morgan fingerprint density at radius 1 is 0.345 bits per heavy atom. The van der Waals surface area contributed by atoms with Crippen molar-refractivity contribution in [2.24, 2.45) is 0 Å². The van der Waals surface area contributed by atoms with Gasteiger partial charge in [0.25, 0.3) is 0 Å². The summed E-state index contributed by atoms with van der Waals surface area (Å²) >= 11 is 3.81. The maximum absolute atomic E-state index is 7.90. The van der Waals surface area contributed by atoms with E-state index >= 15 is 0 Å². The number of para-hydroxylation sites is 4. The lowest BCUT2D eigenvalue weighted by Crippen LogP contribution is -2.57. The fraction of sp³-hybridized carbons (Fsp3) is 0.121. The molecule has 12 heteroatoms. The maximum Gasteiger partial charge on any atom is 0.337 e. The number of thiophene rings is 2. The van der Waals surface area contributed by atoms with Gasteiger partial charge in [-0.3, -0.25) is 0 Å². The smallest absolute Gasteiger partial charge is 0.337 e. The van der Waals surface area contributed by atoms with Gasteiger partial charge in [0.05, 0.1) is 31.8 Å². The van der Waals surface area contributed by atoms with Crippen LogP contribution < -0.4 is 31.7 Å². The van der Waals surface area contributed by atoms with Crippen LogP contribution in [0.2, 0.25) is 0 Å². The van der Waals surface area contributed by atoms with Crippen molar-refractivity contribution in [1.29, 1.82) is 0 Å². The largest absolute Gasteiger partial charge is 0.456 e. The standard InChI is InChI=1S/C107H72B2N4O4S2/c1-55-46-75-76(107(7,8)45-44-106(75,5)6)52-80(55)110-79-43-41-64-61-39-36-57(47-85(61)116-101(64)95(79)109-94-82(110)54-88-91(65-25-13-17-33-84(65)115-88)92(94)68-29-21-31-70-97(68)113(109)99-67-27-15-19-35-90(67)119-104(70)99)58-37-40-62-74-50-73-63-28-20-30-69-96(63)112(98-66-26-14-18-34-89(66)118-103(69)98)108-77-51-72-60-24-12-16-32-83(60)114-87(72)53-81(77)111(100(93(73)108)102(74)117-86(62)48-58)78-42-38-59(105(2,3)4)49-71(78)56-22-10-9-11-23-56/h9-43,46-54H,44-45H2,1-8H3. The third-order valence-corrected chi connectivity index (χ3v) is 30.8. The Bertz CT molecular complexity index is 8680. The molecule has 0 spiro atoms. The van der Waals surface area contributed by atoms with Crippen molar-refractivity contribution in [2.45, 2.75) is 84.5 Å². The first kappa shape index (κ1) is 65.8. The zero-order valence-electron chi connectivity index (χ0n) is 66.7. The predicted octanol–water partition coefficient (Wildman–Crippen LogP) is 28.1. The van der Waals surface area contributed by atoms with Gasteiger partial charge in [0.1, 0.15) is 39.1 Å². The molecule has 0 N–H and O–H groups in total. The van der Waals surface area contributed by atoms with Crippen molar-refractivity contribution in [2.75, 3.05) is 9.80 Å². The first-order chi connectivity index (χ1) is 58.0. The minimum atomic E-state index is -0.311. The zero-order valence-corrected chi connectivity index (χ0v) is 68.3. The number of aryl methyl sites for hydroxylation is 1. The summed E-state index contributed by atoms with van der Waals surface area (Å²) in [6.07, 6.45) is 2.24. The van der Waals surface area contributed by atoms with Crippen LogP contribution in [0, 0.1) is 6.92 Å². The van der Waals surface area contributed by atoms with E-state index < -0.39 is 0 Å². The Balaban J connectivity index is 0.695. The fourth-order valence-electron chi connectivity index (χ4n) is 22.7. The van der Waals surface area contributed by atoms with E-state index in [2.05, 4.69) is 341 Å². The molecule has 12 heterocycles. The monoisotopic (exact) mass is 1560 g/mol. The normalized spacial score (nSPS) is 15.1. The summed E-state index contributed by atoms with van der Waals surface area (Å²) in [7, 11) is 0. The molecule has 0 saturated heterocycles. The highest BCUT2D eigenvalue weighted by molar-refractivity contribution is 7.27. The lowest BCUT2D eigenvalue weighted by atomic mass is 9.44. The molecule has 0 atom stereocenters. The van der Waals surface area contributed by atoms with E-state index in [1.807, 2.05) is 22.7 Å². The number of fused-ring (bicyclic) bond motifs is 34. The van der Waals surface area contributed by atoms with Gasteiger partial charge in [-0.25, -0.2) is 0 Å². The Labute approximate surface area is 692 Å². The van der Waals surface area contributed by atoms with E-state index in [1.165, 1.54) is 129 Å². The molecule has 8 nitrogen and oxygen atoms in total. The summed E-state index contributed by atoms with van der Waals surface area (Å²) in [6, 6.07) is 101. The van der Waals surface area contributed by atoms with Crippen LogP contribution in [-0.2, 0) is 16.2 Å². The number of anilines is 6. The number of furan rings is 4. The second kappa shape index (κ2) is 22.3. The molecule has 15 aromatic carbocycles. The zero-order chi connectivity index (χ0) is 78.6. The van der Waals surface area contributed by atoms with Crippen LogP contribution in [0.4, 0.5) is 34.1 Å². The molecular formula is C107H72B2N4O4S2. The Morgan fingerprint density at radius 3 is 1.62 bits per heavy atom. The summed E-state index contributed by atoms with van der Waals surface area (Å²) < 4.78 is 40.6. The fourth-order valence-corrected chi connectivity index (χ4v) is 25.2. The van der Waals surface area contributed by atoms with Gasteiger partial charge in [-0.15, -0.1) is 22.7 Å². The minimum Gasteiger partial charge on any atom is -0.456 e. The summed E-state index contributed by atoms with van der Waals surface area (Å²) in [5.41, 5.74) is 37.6. The first-order valence-electron chi connectivity index (χ1n) is 41.9. The molecule has 0 radical (unpaired) electrons. The lowest BCUT2D eigenvalue weighted by Gasteiger charge is -2.44. The number of hydrogen-bond donors (Lipinski definition) is 0. The number of benzene rings is 15. The van der Waals surface area contributed by atoms with Crippen molar-refractivity contribution < 1.29 is 17.7 Å². The molecule has 8 aromatic heterocycles. The molecular weight excluding hydrogens is 1490 g/mol. The van der Waals surface area contributed by atoms with Crippen molar-refractivity contribution >= 4 is 243 Å². The quantitative estimate of drug-likeness (QED) is 0.164. The molecule has 28 rings (SSSR count). The first-order valence-corrected chi connectivity index (χ1v) is 43.5. The molecule has 0 saturated carbocycles. The van der Waals surface area contributed by atoms with Crippen LogP contribution in [0.25, 0.3) is 195 Å². The highest BCUT2D eigenvalue weighted by atomic mass is 32.1. The number of aromatic nitrogens is 2. The van der Waals surface area contributed by atoms with Crippen LogP contribution in [0.15, 0.2) is 285 Å². The van der Waals surface area contributed by atoms with E-state index in [-0.39, 0.29) is 29.9 Å². The van der Waals surface area contributed by atoms with Crippen LogP contribution in [-0.4, -0.2) is 22.7 Å². The number of hydrogen-bond acceptors (Lipinski definition) is 8. The average Bonchev–Trinajstić information content (AvgIpc) is 1.56. The molecule has 0 bridgehead atoms. The number of nitrogens with zero attached hydrogens (tertiary/aromatic N) is 4. The van der Waals surface area contributed by atoms with Crippen molar-refractivity contribution in [3.8, 4) is 44.5 Å². The third-order valence-electron chi connectivity index (χ3n) is 28.4. The van der Waals surface area contributed by atoms with Crippen LogP contribution >= 0.6 is 22.7 Å². The van der Waals surface area contributed by atoms with Crippen molar-refractivity contribution in [3.63, 3.8) is 0 Å². The highest BCUT2D eigenvalue weighted by Crippen LogP contribution is 2.59. The van der Waals surface area contributed by atoms with Gasteiger partial charge in [-0.1, -0.05) is 218 Å². The molecule has 4 aliphatic heterocycles. The number of rotatable bonds is 4. The molecule has 119 heavy (non-hydrogen) atoms. The van der Waals surface area contributed by atoms with Crippen LogP contribution in [0.5, 0.6) is 0 Å². The van der Waals surface area contributed by atoms with Gasteiger partial charge in [-0.05, 0) is 187 Å². The summed E-state index contributed by atoms with van der Waals surface area (Å²) in [4.78, 5) is 5.17. The van der Waals surface area contributed by atoms with Crippen LogP contribution in [0.3, 0.4) is 0 Å². The topological polar surface area (TPSA) is 68.9 Å². The Hall–Kier alpha value is -13.3. The molecule has 0 unspecified atom stereocenters. The summed E-state index contributed by atoms with van der Waals surface area (Å²) in [5.74, 6) is 0. The third kappa shape index (κ3) is 8.36. The molecule has 0 fully saturated rings. The minimum absolute atomic E-state index is 0.0210. The molecule has 5 aliphatic rings. The summed E-state index contributed by atoms with van der Waals surface area (Å²) in [5, 5.41) is 13.8. The van der Waals surface area contributed by atoms with Gasteiger partial charge in [0, 0.05) is 142 Å². The van der Waals surface area contributed by atoms with Gasteiger partial charge in [0.15, 0.2) is 5.58 Å². The Kier molecular flexibility index (Phi) is 12.4. The van der Waals surface area contributed by atoms with Gasteiger partial charge >= 0.3 is 13.7 Å². The van der Waals surface area contributed by atoms with E-state index in [4.69, 9.17) is 17.7 Å². The highest BCUT2D eigenvalue weighted by Gasteiger charge is 2.50. The molecule has 1 aliphatic carbocycles. The molecule has 0 amide bonds. The lowest BCUT2D eigenvalue weighted by molar-refractivity contribution is 0.332. The van der Waals surface area contributed by atoms with E-state index in [0.717, 1.165) is 157 Å². The second-order valence-corrected chi connectivity index (χ2v) is 38.8.